The van der Waals surface area contributed by atoms with E-state index in [-0.39, 0.29) is 0 Å². The van der Waals surface area contributed by atoms with Crippen molar-refractivity contribution in [2.45, 2.75) is 63.1 Å². The maximum atomic E-state index is 5.72. The molecule has 3 nitrogen and oxygen atoms in total. The molecule has 2 aliphatic rings. The van der Waals surface area contributed by atoms with Crippen molar-refractivity contribution in [3.63, 3.8) is 0 Å². The normalized spacial score (nSPS) is 21.0. The van der Waals surface area contributed by atoms with Crippen LogP contribution in [0.3, 0.4) is 0 Å². The van der Waals surface area contributed by atoms with Crippen LogP contribution in [0, 0.1) is 0 Å². The monoisotopic (exact) mass is 476 g/mol. The van der Waals surface area contributed by atoms with Crippen molar-refractivity contribution in [3.05, 3.63) is 63.8 Å². The molecule has 2 saturated carbocycles. The average Bonchev–Trinajstić information content (AvgIpc) is 3.72. The Labute approximate surface area is 204 Å². The third-order valence-corrected chi connectivity index (χ3v) is 9.28. The zero-order chi connectivity index (χ0) is 22.4. The van der Waals surface area contributed by atoms with E-state index in [9.17, 15) is 0 Å². The van der Waals surface area contributed by atoms with Gasteiger partial charge in [-0.2, -0.15) is 0 Å². The molecule has 33 heavy (non-hydrogen) atoms. The largest absolute Gasteiger partial charge is 0.497 e. The van der Waals surface area contributed by atoms with Crippen molar-refractivity contribution in [2.75, 3.05) is 13.7 Å². The lowest BCUT2D eigenvalue weighted by Gasteiger charge is -2.14. The third-order valence-electron chi connectivity index (χ3n) is 7.17. The number of hydrogen-bond donors (Lipinski definition) is 2. The van der Waals surface area contributed by atoms with Crippen molar-refractivity contribution in [1.82, 2.24) is 10.6 Å². The fourth-order valence-electron chi connectivity index (χ4n) is 5.14. The van der Waals surface area contributed by atoms with E-state index in [0.29, 0.717) is 18.0 Å². The number of rotatable bonds is 10. The quantitative estimate of drug-likeness (QED) is 0.274. The number of thiophene rings is 2. The topological polar surface area (TPSA) is 33.3 Å². The van der Waals surface area contributed by atoms with Crippen LogP contribution in [0.25, 0.3) is 20.2 Å². The van der Waals surface area contributed by atoms with E-state index in [1.165, 1.54) is 56.1 Å². The van der Waals surface area contributed by atoms with Gasteiger partial charge in [0, 0.05) is 33.4 Å². The zero-order valence-electron chi connectivity index (χ0n) is 19.4. The molecule has 0 amide bonds. The molecular formula is C28H32N2OS2. The molecule has 2 aromatic carbocycles. The summed E-state index contributed by atoms with van der Waals surface area (Å²) in [4.78, 5) is 0. The number of nitrogens with one attached hydrogen (secondary N) is 2. The lowest BCUT2D eigenvalue weighted by Crippen LogP contribution is -2.30. The first-order valence-corrected chi connectivity index (χ1v) is 14.0. The van der Waals surface area contributed by atoms with Gasteiger partial charge in [-0.15, -0.1) is 22.7 Å². The van der Waals surface area contributed by atoms with E-state index < -0.39 is 0 Å². The van der Waals surface area contributed by atoms with E-state index >= 15 is 0 Å². The standard InChI is InChI=1S/C28H32N2OS2/c1-17(11-19-16-32-27-6-4-3-5-22(19)27)30-26-14-24(26)25-13-21(31-2)12-23-18(15-33-28(23)25)9-10-29-20-7-8-20/h3-6,12-13,15-17,20,24,26,29-30H,7-11,14H2,1-2H3. The Morgan fingerprint density at radius 3 is 2.76 bits per heavy atom. The molecule has 0 radical (unpaired) electrons. The van der Waals surface area contributed by atoms with Crippen LogP contribution in [0.2, 0.25) is 0 Å². The fourth-order valence-corrected chi connectivity index (χ4v) is 7.28. The molecule has 0 aliphatic heterocycles. The minimum Gasteiger partial charge on any atom is -0.497 e. The second kappa shape index (κ2) is 9.03. The molecule has 2 aromatic heterocycles. The summed E-state index contributed by atoms with van der Waals surface area (Å²) in [6.07, 6.45) is 6.09. The van der Waals surface area contributed by atoms with E-state index in [0.717, 1.165) is 31.2 Å². The van der Waals surface area contributed by atoms with Crippen LogP contribution >= 0.6 is 22.7 Å². The third kappa shape index (κ3) is 4.57. The molecule has 3 atom stereocenters. The minimum absolute atomic E-state index is 0.464. The molecule has 4 aromatic rings. The summed E-state index contributed by atoms with van der Waals surface area (Å²) in [7, 11) is 1.79. The van der Waals surface area contributed by atoms with E-state index in [1.807, 2.05) is 22.7 Å². The highest BCUT2D eigenvalue weighted by atomic mass is 32.1. The van der Waals surface area contributed by atoms with Gasteiger partial charge < -0.3 is 15.4 Å². The van der Waals surface area contributed by atoms with Gasteiger partial charge in [-0.25, -0.2) is 0 Å². The summed E-state index contributed by atoms with van der Waals surface area (Å²) in [5.41, 5.74) is 4.41. The number of hydrogen-bond acceptors (Lipinski definition) is 5. The SMILES string of the molecule is COc1cc(C2CC2NC(C)Cc2csc3ccccc23)c2scc(CCNC3CC3)c2c1. The van der Waals surface area contributed by atoms with Crippen molar-refractivity contribution in [2.24, 2.45) is 0 Å². The summed E-state index contributed by atoms with van der Waals surface area (Å²) >= 11 is 3.78. The van der Waals surface area contributed by atoms with Gasteiger partial charge in [-0.3, -0.25) is 0 Å². The Morgan fingerprint density at radius 1 is 1.06 bits per heavy atom. The van der Waals surface area contributed by atoms with Crippen LogP contribution < -0.4 is 15.4 Å². The van der Waals surface area contributed by atoms with Gasteiger partial charge in [0.1, 0.15) is 5.75 Å². The van der Waals surface area contributed by atoms with Gasteiger partial charge in [0.15, 0.2) is 0 Å². The molecular weight excluding hydrogens is 444 g/mol. The zero-order valence-corrected chi connectivity index (χ0v) is 21.0. The van der Waals surface area contributed by atoms with E-state index in [1.54, 1.807) is 7.11 Å². The lowest BCUT2D eigenvalue weighted by atomic mass is 10.0. The summed E-state index contributed by atoms with van der Waals surface area (Å²) in [6.45, 7) is 3.41. The molecule has 3 unspecified atom stereocenters. The Balaban J connectivity index is 1.15. The summed E-state index contributed by atoms with van der Waals surface area (Å²) in [5, 5.41) is 15.1. The first-order valence-electron chi connectivity index (χ1n) is 12.2. The molecule has 0 saturated heterocycles. The van der Waals surface area contributed by atoms with Crippen molar-refractivity contribution in [3.8, 4) is 5.75 Å². The minimum atomic E-state index is 0.464. The van der Waals surface area contributed by atoms with Gasteiger partial charge in [-0.05, 0) is 102 Å². The number of fused-ring (bicyclic) bond motifs is 2. The second-order valence-corrected chi connectivity index (χ2v) is 11.6. The highest BCUT2D eigenvalue weighted by molar-refractivity contribution is 7.17. The maximum Gasteiger partial charge on any atom is 0.119 e. The van der Waals surface area contributed by atoms with E-state index in [2.05, 4.69) is 64.7 Å². The number of benzene rings is 2. The summed E-state index contributed by atoms with van der Waals surface area (Å²) in [5.74, 6) is 1.58. The van der Waals surface area contributed by atoms with Crippen LogP contribution in [-0.4, -0.2) is 31.8 Å². The average molecular weight is 477 g/mol. The maximum absolute atomic E-state index is 5.72. The van der Waals surface area contributed by atoms with Crippen LogP contribution in [-0.2, 0) is 12.8 Å². The molecule has 2 aliphatic carbocycles. The highest BCUT2D eigenvalue weighted by Crippen LogP contribution is 2.47. The number of ether oxygens (including phenoxy) is 1. The Bertz CT molecular complexity index is 1270. The molecule has 0 bridgehead atoms. The summed E-state index contributed by atoms with van der Waals surface area (Å²) < 4.78 is 8.57. The Morgan fingerprint density at radius 2 is 1.91 bits per heavy atom. The van der Waals surface area contributed by atoms with Crippen LogP contribution in [0.1, 0.15) is 48.8 Å². The van der Waals surface area contributed by atoms with Crippen molar-refractivity contribution < 1.29 is 4.74 Å². The molecule has 2 N–H and O–H groups in total. The smallest absolute Gasteiger partial charge is 0.119 e. The second-order valence-electron chi connectivity index (χ2n) is 9.81. The predicted octanol–water partition coefficient (Wildman–Crippen LogP) is 6.50. The first kappa shape index (κ1) is 21.6. The molecule has 6 rings (SSSR count). The van der Waals surface area contributed by atoms with Gasteiger partial charge in [-0.1, -0.05) is 18.2 Å². The van der Waals surface area contributed by atoms with Crippen LogP contribution in [0.4, 0.5) is 0 Å². The molecule has 5 heteroatoms. The fraction of sp³-hybridized carbons (Fsp3) is 0.429. The van der Waals surface area contributed by atoms with Gasteiger partial charge in [0.05, 0.1) is 7.11 Å². The first-order chi connectivity index (χ1) is 16.2. The Hall–Kier alpha value is -1.92. The molecule has 2 heterocycles. The van der Waals surface area contributed by atoms with Crippen LogP contribution in [0.15, 0.2) is 47.2 Å². The van der Waals surface area contributed by atoms with Crippen molar-refractivity contribution >= 4 is 42.8 Å². The summed E-state index contributed by atoms with van der Waals surface area (Å²) in [6, 6.07) is 15.1. The van der Waals surface area contributed by atoms with Gasteiger partial charge in [0.25, 0.3) is 0 Å². The molecule has 2 fully saturated rings. The van der Waals surface area contributed by atoms with Gasteiger partial charge >= 0.3 is 0 Å². The Kier molecular flexibility index (Phi) is 5.91. The molecule has 0 spiro atoms. The van der Waals surface area contributed by atoms with Crippen LogP contribution in [0.5, 0.6) is 5.75 Å². The predicted molar refractivity (Wildman–Crippen MR) is 142 cm³/mol. The van der Waals surface area contributed by atoms with E-state index in [4.69, 9.17) is 4.74 Å². The highest BCUT2D eigenvalue weighted by Gasteiger charge is 2.40. The van der Waals surface area contributed by atoms with Crippen molar-refractivity contribution in [1.29, 1.82) is 0 Å². The molecule has 172 valence electrons. The van der Waals surface area contributed by atoms with Gasteiger partial charge in [0.2, 0.25) is 0 Å². The number of methoxy groups -OCH3 is 1. The lowest BCUT2D eigenvalue weighted by molar-refractivity contribution is 0.415.